The van der Waals surface area contributed by atoms with Crippen LogP contribution in [-0.4, -0.2) is 37.3 Å². The highest BCUT2D eigenvalue weighted by molar-refractivity contribution is 5.20. The lowest BCUT2D eigenvalue weighted by atomic mass is 9.96. The van der Waals surface area contributed by atoms with Gasteiger partial charge in [-0.2, -0.15) is 5.10 Å². The normalized spacial score (nSPS) is 18.0. The first-order chi connectivity index (χ1) is 12.1. The number of aryl methyl sites for hydroxylation is 3. The molecule has 0 aromatic carbocycles. The van der Waals surface area contributed by atoms with Crippen LogP contribution in [0, 0.1) is 5.92 Å². The quantitative estimate of drug-likeness (QED) is 0.802. The van der Waals surface area contributed by atoms with E-state index in [1.807, 2.05) is 0 Å². The van der Waals surface area contributed by atoms with Crippen LogP contribution in [0.3, 0.4) is 0 Å². The zero-order valence-electron chi connectivity index (χ0n) is 14.5. The summed E-state index contributed by atoms with van der Waals surface area (Å²) in [5.74, 6) is 0.410. The molecule has 0 saturated carbocycles. The van der Waals surface area contributed by atoms with Crippen molar-refractivity contribution >= 4 is 0 Å². The molecule has 0 unspecified atom stereocenters. The summed E-state index contributed by atoms with van der Waals surface area (Å²) in [5.41, 5.74) is 2.97. The lowest BCUT2D eigenvalue weighted by Crippen LogP contribution is -2.49. The van der Waals surface area contributed by atoms with Crippen molar-refractivity contribution in [3.05, 3.63) is 56.1 Å². The molecule has 7 nitrogen and oxygen atoms in total. The third-order valence-electron chi connectivity index (χ3n) is 5.20. The van der Waals surface area contributed by atoms with Gasteiger partial charge >= 0.3 is 0 Å². The third-order valence-corrected chi connectivity index (χ3v) is 5.20. The molecule has 1 aliphatic heterocycles. The second-order valence-corrected chi connectivity index (χ2v) is 7.24. The second-order valence-electron chi connectivity index (χ2n) is 7.24. The van der Waals surface area contributed by atoms with E-state index in [0.717, 1.165) is 50.0 Å². The van der Waals surface area contributed by atoms with Crippen LogP contribution in [-0.2, 0) is 33.0 Å². The topological polar surface area (TPSA) is 73.0 Å². The Morgan fingerprint density at radius 3 is 2.84 bits per heavy atom. The van der Waals surface area contributed by atoms with Crippen molar-refractivity contribution in [3.8, 4) is 0 Å². The number of rotatable bonds is 4. The van der Waals surface area contributed by atoms with E-state index in [2.05, 4.69) is 15.0 Å². The highest BCUT2D eigenvalue weighted by Gasteiger charge is 2.28. The fourth-order valence-electron chi connectivity index (χ4n) is 3.80. The van der Waals surface area contributed by atoms with Crippen molar-refractivity contribution in [2.45, 2.75) is 38.8 Å². The summed E-state index contributed by atoms with van der Waals surface area (Å²) >= 11 is 0. The minimum atomic E-state index is 0.00558. The van der Waals surface area contributed by atoms with Crippen molar-refractivity contribution in [2.24, 2.45) is 13.0 Å². The maximum absolute atomic E-state index is 12.3. The van der Waals surface area contributed by atoms with Crippen LogP contribution >= 0.6 is 0 Å². The molecule has 132 valence electrons. The Hall–Kier alpha value is -2.28. The smallest absolute Gasteiger partial charge is 0.267 e. The van der Waals surface area contributed by atoms with Crippen LogP contribution < -0.4 is 11.1 Å². The predicted octanol–water partition coefficient (Wildman–Crippen LogP) is 0.348. The van der Waals surface area contributed by atoms with Crippen molar-refractivity contribution in [2.75, 3.05) is 13.1 Å². The minimum absolute atomic E-state index is 0.00558. The fraction of sp³-hybridized carbons (Fsp3) is 0.556. The molecule has 25 heavy (non-hydrogen) atoms. The summed E-state index contributed by atoms with van der Waals surface area (Å²) in [4.78, 5) is 30.6. The lowest BCUT2D eigenvalue weighted by Gasteiger charge is -2.39. The molecule has 1 aliphatic carbocycles. The molecule has 0 amide bonds. The Labute approximate surface area is 145 Å². The number of likely N-dealkylation sites (tertiary alicyclic amines) is 1. The van der Waals surface area contributed by atoms with E-state index in [1.54, 1.807) is 24.0 Å². The van der Waals surface area contributed by atoms with Crippen LogP contribution in [0.2, 0.25) is 0 Å². The van der Waals surface area contributed by atoms with Gasteiger partial charge in [0.15, 0.2) is 0 Å². The molecule has 1 fully saturated rings. The molecule has 1 saturated heterocycles. The van der Waals surface area contributed by atoms with Gasteiger partial charge in [-0.3, -0.25) is 14.5 Å². The highest BCUT2D eigenvalue weighted by atomic mass is 16.1. The average Bonchev–Trinajstić information content (AvgIpc) is 2.57. The second kappa shape index (κ2) is 6.55. The Morgan fingerprint density at radius 2 is 2.00 bits per heavy atom. The summed E-state index contributed by atoms with van der Waals surface area (Å²) in [6, 6.07) is 1.78. The molecule has 0 bridgehead atoms. The van der Waals surface area contributed by atoms with Gasteiger partial charge in [0.2, 0.25) is 0 Å². The first-order valence-electron chi connectivity index (χ1n) is 8.92. The van der Waals surface area contributed by atoms with E-state index in [-0.39, 0.29) is 11.1 Å². The third kappa shape index (κ3) is 3.28. The molecular weight excluding hydrogens is 318 g/mol. The van der Waals surface area contributed by atoms with E-state index in [9.17, 15) is 9.59 Å². The number of hydrogen-bond donors (Lipinski definition) is 0. The van der Waals surface area contributed by atoms with E-state index >= 15 is 0 Å². The van der Waals surface area contributed by atoms with Gasteiger partial charge in [-0.1, -0.05) is 0 Å². The van der Waals surface area contributed by atoms with Gasteiger partial charge in [-0.15, -0.1) is 0 Å². The van der Waals surface area contributed by atoms with Crippen LogP contribution in [0.4, 0.5) is 0 Å². The largest absolute Gasteiger partial charge is 0.302 e. The van der Waals surface area contributed by atoms with Gasteiger partial charge in [0.1, 0.15) is 0 Å². The maximum atomic E-state index is 12.3. The fourth-order valence-corrected chi connectivity index (χ4v) is 3.80. The molecule has 2 aromatic heterocycles. The molecule has 0 N–H and O–H groups in total. The first-order valence-corrected chi connectivity index (χ1v) is 8.92. The Kier molecular flexibility index (Phi) is 4.25. The molecule has 2 aliphatic rings. The minimum Gasteiger partial charge on any atom is -0.302 e. The van der Waals surface area contributed by atoms with Crippen LogP contribution in [0.1, 0.15) is 29.7 Å². The zero-order valence-corrected chi connectivity index (χ0v) is 14.5. The number of nitrogens with zero attached hydrogens (tertiary/aromatic N) is 5. The van der Waals surface area contributed by atoms with E-state index < -0.39 is 0 Å². The molecule has 7 heteroatoms. The summed E-state index contributed by atoms with van der Waals surface area (Å²) in [5, 5.41) is 4.59. The predicted molar refractivity (Wildman–Crippen MR) is 93.4 cm³/mol. The monoisotopic (exact) mass is 341 g/mol. The molecular formula is C18H23N5O2. The van der Waals surface area contributed by atoms with Crippen LogP contribution in [0.25, 0.3) is 0 Å². The number of hydrogen-bond acceptors (Lipinski definition) is 5. The van der Waals surface area contributed by atoms with Gasteiger partial charge in [-0.05, 0) is 31.2 Å². The number of aromatic nitrogens is 4. The maximum Gasteiger partial charge on any atom is 0.267 e. The summed E-state index contributed by atoms with van der Waals surface area (Å²) in [7, 11) is 1.71. The highest BCUT2D eigenvalue weighted by Crippen LogP contribution is 2.20. The van der Waals surface area contributed by atoms with Gasteiger partial charge in [-0.25, -0.2) is 9.67 Å². The standard InChI is InChI=1S/C18H23N5O2/c1-21-12-19-7-15(18(21)25)11-22-8-13(9-22)10-23-17(24)6-14-4-2-3-5-16(14)20-23/h6-7,12-13H,2-5,8-11H2,1H3. The van der Waals surface area contributed by atoms with Crippen molar-refractivity contribution in [1.82, 2.24) is 24.2 Å². The molecule has 0 atom stereocenters. The summed E-state index contributed by atoms with van der Waals surface area (Å²) < 4.78 is 3.14. The van der Waals surface area contributed by atoms with Gasteiger partial charge in [0, 0.05) is 50.4 Å². The molecule has 2 aromatic rings. The first kappa shape index (κ1) is 16.2. The van der Waals surface area contributed by atoms with Crippen LogP contribution in [0.15, 0.2) is 28.2 Å². The lowest BCUT2D eigenvalue weighted by molar-refractivity contribution is 0.0758. The van der Waals surface area contributed by atoms with E-state index in [0.29, 0.717) is 24.6 Å². The molecule has 0 spiro atoms. The van der Waals surface area contributed by atoms with Crippen molar-refractivity contribution < 1.29 is 0 Å². The Balaban J connectivity index is 1.38. The molecule has 0 radical (unpaired) electrons. The SMILES string of the molecule is Cn1cncc(CN2CC(Cn3nc4c(cc3=O)CCCC4)C2)c1=O. The average molecular weight is 341 g/mol. The van der Waals surface area contributed by atoms with E-state index in [1.165, 1.54) is 10.9 Å². The van der Waals surface area contributed by atoms with Gasteiger partial charge in [0.25, 0.3) is 11.1 Å². The van der Waals surface area contributed by atoms with Crippen molar-refractivity contribution in [3.63, 3.8) is 0 Å². The van der Waals surface area contributed by atoms with Gasteiger partial charge in [0.05, 0.1) is 18.6 Å². The Bertz CT molecular complexity index is 895. The number of fused-ring (bicyclic) bond motifs is 1. The van der Waals surface area contributed by atoms with Gasteiger partial charge < -0.3 is 4.57 Å². The van der Waals surface area contributed by atoms with Crippen LogP contribution in [0.5, 0.6) is 0 Å². The molecule has 3 heterocycles. The molecule has 4 rings (SSSR count). The Morgan fingerprint density at radius 1 is 1.20 bits per heavy atom. The summed E-state index contributed by atoms with van der Waals surface area (Å²) in [6.07, 6.45) is 7.45. The van der Waals surface area contributed by atoms with Crippen molar-refractivity contribution in [1.29, 1.82) is 0 Å². The zero-order chi connectivity index (χ0) is 17.4. The van der Waals surface area contributed by atoms with E-state index in [4.69, 9.17) is 0 Å². The summed E-state index contributed by atoms with van der Waals surface area (Å²) in [6.45, 7) is 3.03.